The molecule has 8 radical (unpaired) electrons. The zero-order chi connectivity index (χ0) is 0. The smallest absolute Gasteiger partial charge is 2.00 e. The average Bonchev–Trinajstić information content (AvgIpc) is 0. The van der Waals surface area contributed by atoms with E-state index in [0.29, 0.717) is 0 Å². The maximum Gasteiger partial charge on any atom is 2.00 e. The van der Waals surface area contributed by atoms with E-state index in [0.717, 1.165) is 0 Å². The quantitative estimate of drug-likeness (QED) is 0.215. The van der Waals surface area contributed by atoms with Crippen molar-refractivity contribution in [1.29, 1.82) is 0 Å². The Balaban J connectivity index is 0. The Morgan fingerprint density at radius 2 is 0.250 bits per heavy atom. The van der Waals surface area contributed by atoms with E-state index >= 15 is 0 Å². The van der Waals surface area contributed by atoms with Crippen LogP contribution in [0, 0.1) is 0 Å². The molecule has 0 aromatic rings. The Bertz CT molecular complexity index is 17.5. The van der Waals surface area contributed by atoms with Gasteiger partial charge in [0, 0.05) is 109 Å². The van der Waals surface area contributed by atoms with Crippen LogP contribution in [0.2, 0.25) is 0 Å². The molecular weight excluding hydrogens is 1530 g/mol. The standard InChI is InChI=1S/6Se.2Sn.4Tl/q6*-2;2*+2;;;;. The van der Waals surface area contributed by atoms with Crippen molar-refractivity contribution >= 4 is 259 Å². The van der Waals surface area contributed by atoms with Crippen LogP contribution in [0.25, 0.3) is 0 Å². The molecule has 0 spiro atoms. The summed E-state index contributed by atoms with van der Waals surface area (Å²) in [5.74, 6) is 0. The summed E-state index contributed by atoms with van der Waals surface area (Å²) in [4.78, 5) is 0. The third kappa shape index (κ3) is 78.9. The molecule has 0 aliphatic rings. The summed E-state index contributed by atoms with van der Waals surface area (Å²) in [5, 5.41) is 0. The maximum atomic E-state index is 0. The predicted molar refractivity (Wildman–Crippen MR) is 69.0 cm³/mol. The summed E-state index contributed by atoms with van der Waals surface area (Å²) in [7, 11) is 0. The summed E-state index contributed by atoms with van der Waals surface area (Å²) in [5.41, 5.74) is 0. The molecule has 12 heavy (non-hydrogen) atoms. The number of hydrogen-bond donors (Lipinski definition) is 0. The van der Waals surface area contributed by atoms with Gasteiger partial charge < -0.3 is 102 Å². The van der Waals surface area contributed by atoms with Gasteiger partial charge in [0.25, 0.3) is 0 Å². The number of rotatable bonds is 0. The monoisotopic (exact) mass is 1540 g/mol. The third-order valence-corrected chi connectivity index (χ3v) is 0. The molecule has 0 N–H and O–H groups in total. The fourth-order valence-electron chi connectivity index (χ4n) is 0. The van der Waals surface area contributed by atoms with Crippen LogP contribution in [0.15, 0.2) is 0 Å². The van der Waals surface area contributed by atoms with Gasteiger partial charge in [0.15, 0.2) is 0 Å². The molecule has 0 amide bonds. The molecule has 12 heteroatoms. The van der Waals surface area contributed by atoms with E-state index in [1.807, 2.05) is 0 Å². The van der Waals surface area contributed by atoms with Gasteiger partial charge in [-0.15, -0.1) is 0 Å². The van der Waals surface area contributed by atoms with Crippen LogP contribution < -0.4 is 0 Å². The third-order valence-electron chi connectivity index (χ3n) is 0. The molecule has 0 aromatic heterocycles. The molecular formula is Se6Sn2Tl4-8. The largest absolute Gasteiger partial charge is 2.00 e. The maximum absolute atomic E-state index is 0. The van der Waals surface area contributed by atoms with Crippen LogP contribution in [-0.2, 0) is 0 Å². The molecule has 0 unspecified atom stereocenters. The minimum absolute atomic E-state index is 0. The van der Waals surface area contributed by atoms with E-state index in [2.05, 4.69) is 0 Å². The van der Waals surface area contributed by atoms with Crippen molar-refractivity contribution in [2.75, 3.05) is 0 Å². The molecule has 0 saturated heterocycles. The molecule has 0 atom stereocenters. The minimum Gasteiger partial charge on any atom is -2.00 e. The van der Waals surface area contributed by atoms with Crippen molar-refractivity contribution in [2.45, 2.75) is 0 Å². The normalized spacial score (nSPS) is 0. The molecule has 0 aromatic carbocycles. The molecule has 0 fully saturated rings. The molecule has 0 heterocycles. The Hall–Kier alpha value is 8.40. The summed E-state index contributed by atoms with van der Waals surface area (Å²) < 4.78 is 0. The molecule has 0 aliphatic carbocycles. The average molecular weight is 1530 g/mol. The van der Waals surface area contributed by atoms with Gasteiger partial charge in [0.2, 0.25) is 0 Å². The van der Waals surface area contributed by atoms with E-state index in [1.54, 1.807) is 0 Å². The first-order valence-corrected chi connectivity index (χ1v) is 0. The predicted octanol–water partition coefficient (Wildman–Crippen LogP) is -4.57. The second-order valence-corrected chi connectivity index (χ2v) is 0. The van der Waals surface area contributed by atoms with Gasteiger partial charge in [-0.05, 0) is 0 Å². The zero-order valence-electron chi connectivity index (χ0n) is 5.76. The van der Waals surface area contributed by atoms with Gasteiger partial charge in [0.1, 0.15) is 0 Å². The molecule has 64 valence electrons. The summed E-state index contributed by atoms with van der Waals surface area (Å²) in [6, 6.07) is 0. The second kappa shape index (κ2) is 93.1. The summed E-state index contributed by atoms with van der Waals surface area (Å²) in [6.45, 7) is 0. The van der Waals surface area contributed by atoms with Crippen LogP contribution in [0.1, 0.15) is 0 Å². The van der Waals surface area contributed by atoms with Crippen LogP contribution in [0.5, 0.6) is 0 Å². The van der Waals surface area contributed by atoms with Crippen LogP contribution in [-0.4, -0.2) is 259 Å². The first kappa shape index (κ1) is 109. The Kier molecular flexibility index (Phi) is 844. The first-order chi connectivity index (χ1) is 0. The molecule has 0 nitrogen and oxygen atoms in total. The topological polar surface area (TPSA) is 0 Å². The fourth-order valence-corrected chi connectivity index (χ4v) is 0. The zero-order valence-corrected chi connectivity index (χ0v) is 39.7. The van der Waals surface area contributed by atoms with Crippen molar-refractivity contribution in [3.63, 3.8) is 0 Å². The van der Waals surface area contributed by atoms with E-state index in [-0.39, 0.29) is 259 Å². The summed E-state index contributed by atoms with van der Waals surface area (Å²) >= 11 is 0. The van der Waals surface area contributed by atoms with E-state index in [9.17, 15) is 0 Å². The Morgan fingerprint density at radius 1 is 0.250 bits per heavy atom. The van der Waals surface area contributed by atoms with Crippen molar-refractivity contribution in [1.82, 2.24) is 0 Å². The van der Waals surface area contributed by atoms with E-state index in [4.69, 9.17) is 0 Å². The molecule has 0 saturated carbocycles. The van der Waals surface area contributed by atoms with Crippen molar-refractivity contribution in [2.24, 2.45) is 0 Å². The van der Waals surface area contributed by atoms with Gasteiger partial charge in [-0.25, -0.2) is 0 Å². The number of hydrogen-bond acceptors (Lipinski definition) is 0. The van der Waals surface area contributed by atoms with E-state index in [1.165, 1.54) is 0 Å². The Labute approximate surface area is 252 Å². The minimum atomic E-state index is 0. The van der Waals surface area contributed by atoms with Crippen LogP contribution in [0.3, 0.4) is 0 Å². The van der Waals surface area contributed by atoms with Crippen LogP contribution in [0.4, 0.5) is 0 Å². The van der Waals surface area contributed by atoms with Crippen molar-refractivity contribution in [3.05, 3.63) is 0 Å². The first-order valence-electron chi connectivity index (χ1n) is 0. The second-order valence-electron chi connectivity index (χ2n) is 0. The van der Waals surface area contributed by atoms with Crippen molar-refractivity contribution in [3.8, 4) is 0 Å². The Morgan fingerprint density at radius 3 is 0.250 bits per heavy atom. The van der Waals surface area contributed by atoms with E-state index < -0.39 is 0 Å². The van der Waals surface area contributed by atoms with Gasteiger partial charge in [0.05, 0.1) is 0 Å². The summed E-state index contributed by atoms with van der Waals surface area (Å²) in [6.07, 6.45) is 0. The van der Waals surface area contributed by atoms with Crippen molar-refractivity contribution < 1.29 is 0 Å². The van der Waals surface area contributed by atoms with Gasteiger partial charge in [-0.3, -0.25) is 0 Å². The molecule has 0 aliphatic heterocycles. The van der Waals surface area contributed by atoms with Gasteiger partial charge in [-0.2, -0.15) is 0 Å². The SMILES string of the molecule is [Se-2].[Se-2].[Se-2].[Se-2].[Se-2].[Se-2].[Sn+2].[Sn+2].[Tl].[Tl].[Tl].[Tl]. The van der Waals surface area contributed by atoms with Gasteiger partial charge >= 0.3 is 47.8 Å². The molecule has 0 bridgehead atoms. The fraction of sp³-hybridized carbons (Fsp3) is 0. The van der Waals surface area contributed by atoms with Crippen LogP contribution >= 0.6 is 0 Å². The molecule has 0 rings (SSSR count). The van der Waals surface area contributed by atoms with Gasteiger partial charge in [-0.1, -0.05) is 0 Å².